The molecule has 10 heteroatoms. The Bertz CT molecular complexity index is 1060. The molecule has 1 amide bonds. The van der Waals surface area contributed by atoms with Gasteiger partial charge in [-0.3, -0.25) is 19.8 Å². The fraction of sp³-hybridized carbons (Fsp3) is 0.143. The standard InChI is InChI=1S/C21H17BrN2O5S2/c1-2-9-23-20(25)19(31-21(23)30)13-14-12-16(24(26)27)5-8-18(14)29-11-10-28-17-6-3-15(22)4-7-17/h2-8,12-13H,1,9-11H2/b19-13+. The van der Waals surface area contributed by atoms with Crippen LogP contribution in [0.5, 0.6) is 11.5 Å². The molecule has 3 rings (SSSR count). The van der Waals surface area contributed by atoms with Gasteiger partial charge in [0.1, 0.15) is 29.0 Å². The smallest absolute Gasteiger partial charge is 0.270 e. The summed E-state index contributed by atoms with van der Waals surface area (Å²) in [5.41, 5.74) is 0.309. The second-order valence-electron chi connectivity index (χ2n) is 6.21. The third-order valence-corrected chi connectivity index (χ3v) is 6.01. The van der Waals surface area contributed by atoms with Gasteiger partial charge in [0.25, 0.3) is 11.6 Å². The highest BCUT2D eigenvalue weighted by molar-refractivity contribution is 9.10. The van der Waals surface area contributed by atoms with Crippen molar-refractivity contribution in [3.8, 4) is 11.5 Å². The van der Waals surface area contributed by atoms with E-state index >= 15 is 0 Å². The molecule has 0 saturated carbocycles. The fourth-order valence-corrected chi connectivity index (χ4v) is 4.19. The number of carbonyl (C=O) groups is 1. The Balaban J connectivity index is 1.75. The van der Waals surface area contributed by atoms with Crippen molar-refractivity contribution < 1.29 is 19.2 Å². The van der Waals surface area contributed by atoms with Crippen LogP contribution in [0.4, 0.5) is 5.69 Å². The van der Waals surface area contributed by atoms with Crippen molar-refractivity contribution in [2.75, 3.05) is 19.8 Å². The van der Waals surface area contributed by atoms with E-state index in [1.54, 1.807) is 12.2 Å². The van der Waals surface area contributed by atoms with E-state index in [2.05, 4.69) is 22.5 Å². The van der Waals surface area contributed by atoms with Gasteiger partial charge in [0, 0.05) is 28.7 Å². The molecule has 1 fully saturated rings. The number of rotatable bonds is 9. The molecule has 31 heavy (non-hydrogen) atoms. The van der Waals surface area contributed by atoms with Gasteiger partial charge in [-0.25, -0.2) is 0 Å². The number of nitrogens with zero attached hydrogens (tertiary/aromatic N) is 2. The van der Waals surface area contributed by atoms with Crippen molar-refractivity contribution in [1.82, 2.24) is 4.90 Å². The van der Waals surface area contributed by atoms with E-state index in [0.29, 0.717) is 32.8 Å². The molecule has 0 atom stereocenters. The van der Waals surface area contributed by atoms with Crippen molar-refractivity contribution in [2.45, 2.75) is 0 Å². The zero-order chi connectivity index (χ0) is 22.4. The fourth-order valence-electron chi connectivity index (χ4n) is 2.66. The molecular weight excluding hydrogens is 504 g/mol. The zero-order valence-electron chi connectivity index (χ0n) is 16.2. The van der Waals surface area contributed by atoms with Crippen LogP contribution < -0.4 is 9.47 Å². The topological polar surface area (TPSA) is 81.9 Å². The number of halogens is 1. The summed E-state index contributed by atoms with van der Waals surface area (Å²) >= 11 is 9.73. The Labute approximate surface area is 197 Å². The van der Waals surface area contributed by atoms with Gasteiger partial charge < -0.3 is 9.47 Å². The van der Waals surface area contributed by atoms with Crippen LogP contribution in [-0.2, 0) is 4.79 Å². The number of nitro groups is 1. The summed E-state index contributed by atoms with van der Waals surface area (Å²) in [4.78, 5) is 25.1. The number of non-ortho nitro benzene ring substituents is 1. The Morgan fingerprint density at radius 2 is 1.90 bits per heavy atom. The van der Waals surface area contributed by atoms with E-state index in [9.17, 15) is 14.9 Å². The number of thioether (sulfide) groups is 1. The lowest BCUT2D eigenvalue weighted by Crippen LogP contribution is -2.27. The number of thiocarbonyl (C=S) groups is 1. The van der Waals surface area contributed by atoms with Crippen LogP contribution in [0.3, 0.4) is 0 Å². The molecule has 2 aromatic rings. The predicted octanol–water partition coefficient (Wildman–Crippen LogP) is 5.20. The van der Waals surface area contributed by atoms with E-state index in [-0.39, 0.29) is 24.8 Å². The van der Waals surface area contributed by atoms with Gasteiger partial charge in [0.15, 0.2) is 0 Å². The van der Waals surface area contributed by atoms with Gasteiger partial charge in [-0.05, 0) is 36.4 Å². The van der Waals surface area contributed by atoms with Crippen molar-refractivity contribution in [3.05, 3.63) is 80.2 Å². The van der Waals surface area contributed by atoms with E-state index in [1.807, 2.05) is 24.3 Å². The third kappa shape index (κ3) is 5.93. The normalized spacial score (nSPS) is 14.7. The first-order chi connectivity index (χ1) is 14.9. The number of nitro benzene ring substituents is 1. The second-order valence-corrected chi connectivity index (χ2v) is 8.80. The van der Waals surface area contributed by atoms with Crippen LogP contribution in [0.1, 0.15) is 5.56 Å². The summed E-state index contributed by atoms with van der Waals surface area (Å²) in [6, 6.07) is 11.6. The maximum atomic E-state index is 12.6. The first-order valence-electron chi connectivity index (χ1n) is 9.05. The summed E-state index contributed by atoms with van der Waals surface area (Å²) in [5, 5.41) is 11.2. The molecule has 1 heterocycles. The minimum atomic E-state index is -0.499. The first-order valence-corrected chi connectivity index (χ1v) is 11.1. The van der Waals surface area contributed by atoms with Gasteiger partial charge in [-0.15, -0.1) is 6.58 Å². The maximum absolute atomic E-state index is 12.6. The van der Waals surface area contributed by atoms with Crippen LogP contribution >= 0.6 is 39.9 Å². The number of hydrogen-bond donors (Lipinski definition) is 0. The van der Waals surface area contributed by atoms with Crippen LogP contribution in [0, 0.1) is 10.1 Å². The highest BCUT2D eigenvalue weighted by atomic mass is 79.9. The minimum absolute atomic E-state index is 0.105. The highest BCUT2D eigenvalue weighted by Gasteiger charge is 2.31. The molecule has 0 bridgehead atoms. The SMILES string of the molecule is C=CCN1C(=O)/C(=C\c2cc([N+](=O)[O-])ccc2OCCOc2ccc(Br)cc2)SC1=S. The maximum Gasteiger partial charge on any atom is 0.270 e. The predicted molar refractivity (Wildman–Crippen MR) is 128 cm³/mol. The summed E-state index contributed by atoms with van der Waals surface area (Å²) in [5.74, 6) is 0.825. The lowest BCUT2D eigenvalue weighted by atomic mass is 10.1. The molecule has 0 aliphatic carbocycles. The Morgan fingerprint density at radius 1 is 1.19 bits per heavy atom. The van der Waals surface area contributed by atoms with Gasteiger partial charge in [0.05, 0.1) is 9.83 Å². The quantitative estimate of drug-likeness (QED) is 0.112. The molecule has 0 radical (unpaired) electrons. The first kappa shape index (κ1) is 23.0. The van der Waals surface area contributed by atoms with E-state index in [0.717, 1.165) is 16.2 Å². The van der Waals surface area contributed by atoms with E-state index < -0.39 is 4.92 Å². The molecule has 0 aromatic heterocycles. The Kier molecular flexibility index (Phi) is 7.83. The van der Waals surface area contributed by atoms with E-state index in [4.69, 9.17) is 21.7 Å². The Hall–Kier alpha value is -2.69. The van der Waals surface area contributed by atoms with Crippen LogP contribution in [0.15, 0.2) is 64.5 Å². The molecule has 0 unspecified atom stereocenters. The van der Waals surface area contributed by atoms with Gasteiger partial charge in [-0.1, -0.05) is 46.0 Å². The molecular formula is C21H17BrN2O5S2. The molecule has 1 aliphatic rings. The number of carbonyl (C=O) groups excluding carboxylic acids is 1. The number of ether oxygens (including phenoxy) is 2. The summed E-state index contributed by atoms with van der Waals surface area (Å²) in [6.07, 6.45) is 3.14. The van der Waals surface area contributed by atoms with Crippen molar-refractivity contribution >= 4 is 61.9 Å². The molecule has 1 saturated heterocycles. The zero-order valence-corrected chi connectivity index (χ0v) is 19.4. The third-order valence-electron chi connectivity index (χ3n) is 4.10. The molecule has 2 aromatic carbocycles. The molecule has 1 aliphatic heterocycles. The van der Waals surface area contributed by atoms with Crippen LogP contribution in [0.25, 0.3) is 6.08 Å². The average molecular weight is 521 g/mol. The number of benzene rings is 2. The van der Waals surface area contributed by atoms with Gasteiger partial charge in [0.2, 0.25) is 0 Å². The summed E-state index contributed by atoms with van der Waals surface area (Å²) < 4.78 is 12.8. The van der Waals surface area contributed by atoms with E-state index in [1.165, 1.54) is 23.1 Å². The Morgan fingerprint density at radius 3 is 2.58 bits per heavy atom. The molecule has 0 spiro atoms. The minimum Gasteiger partial charge on any atom is -0.490 e. The summed E-state index contributed by atoms with van der Waals surface area (Å²) in [7, 11) is 0. The highest BCUT2D eigenvalue weighted by Crippen LogP contribution is 2.35. The van der Waals surface area contributed by atoms with Crippen LogP contribution in [0.2, 0.25) is 0 Å². The van der Waals surface area contributed by atoms with Gasteiger partial charge >= 0.3 is 0 Å². The van der Waals surface area contributed by atoms with Crippen molar-refractivity contribution in [3.63, 3.8) is 0 Å². The average Bonchev–Trinajstić information content (AvgIpc) is 3.01. The summed E-state index contributed by atoms with van der Waals surface area (Å²) in [6.45, 7) is 4.41. The molecule has 160 valence electrons. The number of amides is 1. The van der Waals surface area contributed by atoms with Crippen molar-refractivity contribution in [1.29, 1.82) is 0 Å². The second kappa shape index (κ2) is 10.6. The number of hydrogen-bond acceptors (Lipinski definition) is 7. The van der Waals surface area contributed by atoms with Crippen LogP contribution in [-0.4, -0.2) is 39.8 Å². The largest absolute Gasteiger partial charge is 0.490 e. The molecule has 7 nitrogen and oxygen atoms in total. The van der Waals surface area contributed by atoms with Crippen molar-refractivity contribution in [2.24, 2.45) is 0 Å². The van der Waals surface area contributed by atoms with Gasteiger partial charge in [-0.2, -0.15) is 0 Å². The lowest BCUT2D eigenvalue weighted by Gasteiger charge is -2.11. The monoisotopic (exact) mass is 520 g/mol. The lowest BCUT2D eigenvalue weighted by molar-refractivity contribution is -0.384. The molecule has 0 N–H and O–H groups in total.